The van der Waals surface area contributed by atoms with Crippen LogP contribution in [0.1, 0.15) is 31.1 Å². The summed E-state index contributed by atoms with van der Waals surface area (Å²) in [6, 6.07) is -1.00. The summed E-state index contributed by atoms with van der Waals surface area (Å²) < 4.78 is 33.0. The zero-order chi connectivity index (χ0) is 27.9. The second-order valence-corrected chi connectivity index (χ2v) is 10.3. The number of hydrogen-bond acceptors (Lipinski definition) is 11. The van der Waals surface area contributed by atoms with Crippen molar-refractivity contribution in [1.82, 2.24) is 25.8 Å². The van der Waals surface area contributed by atoms with E-state index >= 15 is 4.39 Å². The zero-order valence-electron chi connectivity index (χ0n) is 21.2. The van der Waals surface area contributed by atoms with Crippen LogP contribution >= 0.6 is 0 Å². The van der Waals surface area contributed by atoms with E-state index in [0.717, 1.165) is 0 Å². The molecule has 7 rings (SSSR count). The SMILES string of the molecule is C[C@@H]1CN2c3c(cc4c(N5C(=O)OC[C@@H]5c5cnccn5)noc4c3F)CC3(C(=O)NC(=O)NC3=O)[C@H]2[C@H](C)O1. The van der Waals surface area contributed by atoms with E-state index in [0.29, 0.717) is 11.3 Å². The molecule has 6 heterocycles. The first-order valence-corrected chi connectivity index (χ1v) is 12.6. The molecule has 0 saturated carbocycles. The summed E-state index contributed by atoms with van der Waals surface area (Å²) in [5.41, 5.74) is -1.14. The van der Waals surface area contributed by atoms with Gasteiger partial charge in [-0.2, -0.15) is 0 Å². The summed E-state index contributed by atoms with van der Waals surface area (Å²) in [7, 11) is 0. The minimum absolute atomic E-state index is 0.0116. The van der Waals surface area contributed by atoms with Crippen molar-refractivity contribution in [2.24, 2.45) is 5.41 Å². The van der Waals surface area contributed by atoms with Gasteiger partial charge >= 0.3 is 12.1 Å². The first kappa shape index (κ1) is 24.4. The van der Waals surface area contributed by atoms with Gasteiger partial charge in [-0.1, -0.05) is 5.16 Å². The number of barbiturate groups is 1. The van der Waals surface area contributed by atoms with E-state index in [1.54, 1.807) is 24.8 Å². The van der Waals surface area contributed by atoms with Gasteiger partial charge in [-0.05, 0) is 25.5 Å². The Bertz CT molecular complexity index is 1590. The van der Waals surface area contributed by atoms with Gasteiger partial charge in [-0.25, -0.2) is 18.9 Å². The number of cyclic esters (lactones) is 1. The first-order valence-electron chi connectivity index (χ1n) is 12.6. The van der Waals surface area contributed by atoms with E-state index < -0.39 is 53.4 Å². The minimum atomic E-state index is -1.80. The van der Waals surface area contributed by atoms with Gasteiger partial charge in [0.2, 0.25) is 17.4 Å². The van der Waals surface area contributed by atoms with Crippen molar-refractivity contribution in [3.05, 3.63) is 41.7 Å². The fourth-order valence-corrected chi connectivity index (χ4v) is 6.47. The normalized spacial score (nSPS) is 27.4. The van der Waals surface area contributed by atoms with E-state index in [9.17, 15) is 19.2 Å². The van der Waals surface area contributed by atoms with Crippen molar-refractivity contribution < 1.29 is 37.6 Å². The third-order valence-electron chi connectivity index (χ3n) is 7.97. The Labute approximate surface area is 224 Å². The average molecular weight is 551 g/mol. The summed E-state index contributed by atoms with van der Waals surface area (Å²) in [4.78, 5) is 62.8. The Morgan fingerprint density at radius 3 is 2.62 bits per heavy atom. The molecule has 0 aliphatic carbocycles. The molecule has 206 valence electrons. The van der Waals surface area contributed by atoms with Gasteiger partial charge in [0.15, 0.2) is 17.1 Å². The van der Waals surface area contributed by atoms with Crippen LogP contribution in [0.2, 0.25) is 0 Å². The third-order valence-corrected chi connectivity index (χ3v) is 7.97. The minimum Gasteiger partial charge on any atom is -0.446 e. The molecule has 40 heavy (non-hydrogen) atoms. The van der Waals surface area contributed by atoms with Crippen molar-refractivity contribution >= 4 is 46.4 Å². The molecule has 5 amide bonds. The molecule has 3 fully saturated rings. The number of anilines is 2. The summed E-state index contributed by atoms with van der Waals surface area (Å²) in [6.45, 7) is 3.62. The van der Waals surface area contributed by atoms with Crippen LogP contribution < -0.4 is 20.4 Å². The van der Waals surface area contributed by atoms with Crippen LogP contribution in [0.3, 0.4) is 0 Å². The molecule has 3 aromatic rings. The van der Waals surface area contributed by atoms with E-state index in [1.165, 1.54) is 23.5 Å². The molecule has 1 spiro atoms. The molecule has 1 aromatic carbocycles. The zero-order valence-corrected chi connectivity index (χ0v) is 21.2. The van der Waals surface area contributed by atoms with Crippen molar-refractivity contribution in [1.29, 1.82) is 0 Å². The summed E-state index contributed by atoms with van der Waals surface area (Å²) in [6.07, 6.45) is 2.43. The third kappa shape index (κ3) is 3.20. The molecule has 14 nitrogen and oxygen atoms in total. The van der Waals surface area contributed by atoms with Crippen molar-refractivity contribution in [2.45, 2.75) is 44.6 Å². The molecule has 0 radical (unpaired) electrons. The molecule has 4 atom stereocenters. The smallest absolute Gasteiger partial charge is 0.416 e. The molecule has 0 unspecified atom stereocenters. The maximum Gasteiger partial charge on any atom is 0.416 e. The maximum atomic E-state index is 16.4. The van der Waals surface area contributed by atoms with E-state index in [4.69, 9.17) is 14.0 Å². The highest BCUT2D eigenvalue weighted by Gasteiger charge is 2.63. The fourth-order valence-electron chi connectivity index (χ4n) is 6.47. The van der Waals surface area contributed by atoms with Gasteiger partial charge in [-0.3, -0.25) is 30.2 Å². The first-order chi connectivity index (χ1) is 19.2. The van der Waals surface area contributed by atoms with Gasteiger partial charge in [-0.15, -0.1) is 0 Å². The second-order valence-electron chi connectivity index (χ2n) is 10.3. The van der Waals surface area contributed by atoms with Gasteiger partial charge in [0.1, 0.15) is 12.6 Å². The highest BCUT2D eigenvalue weighted by molar-refractivity contribution is 6.20. The number of amides is 5. The molecule has 2 N–H and O–H groups in total. The number of rotatable bonds is 2. The summed E-state index contributed by atoms with van der Waals surface area (Å²) >= 11 is 0. The highest BCUT2D eigenvalue weighted by Crippen LogP contribution is 2.50. The Balaban J connectivity index is 1.42. The van der Waals surface area contributed by atoms with Crippen molar-refractivity contribution in [3.8, 4) is 0 Å². The fraction of sp³-hybridized carbons (Fsp3) is 0.400. The lowest BCUT2D eigenvalue weighted by atomic mass is 9.66. The van der Waals surface area contributed by atoms with Crippen molar-refractivity contribution in [2.75, 3.05) is 23.0 Å². The summed E-state index contributed by atoms with van der Waals surface area (Å²) in [5, 5.41) is 8.57. The number of hydrogen-bond donors (Lipinski definition) is 2. The lowest BCUT2D eigenvalue weighted by Gasteiger charge is -2.55. The number of urea groups is 1. The topological polar surface area (TPSA) is 169 Å². The number of carbonyl (C=O) groups is 4. The van der Waals surface area contributed by atoms with Gasteiger partial charge in [0.25, 0.3) is 0 Å². The number of morpholine rings is 1. The Morgan fingerprint density at radius 1 is 1.12 bits per heavy atom. The Morgan fingerprint density at radius 2 is 1.90 bits per heavy atom. The monoisotopic (exact) mass is 551 g/mol. The number of aromatic nitrogens is 3. The number of nitrogens with zero attached hydrogens (tertiary/aromatic N) is 5. The molecule has 2 aromatic heterocycles. The quantitative estimate of drug-likeness (QED) is 0.441. The van der Waals surface area contributed by atoms with E-state index in [1.807, 2.05) is 0 Å². The number of carbonyl (C=O) groups excluding carboxylic acids is 4. The molecular formula is C25H22FN7O7. The van der Waals surface area contributed by atoms with Crippen LogP contribution in [0.25, 0.3) is 11.0 Å². The number of ether oxygens (including phenoxy) is 2. The van der Waals surface area contributed by atoms with Crippen LogP contribution in [0, 0.1) is 11.2 Å². The lowest BCUT2D eigenvalue weighted by Crippen LogP contribution is -2.75. The largest absolute Gasteiger partial charge is 0.446 e. The number of benzene rings is 1. The number of imide groups is 2. The van der Waals surface area contributed by atoms with Crippen LogP contribution in [0.15, 0.2) is 29.2 Å². The van der Waals surface area contributed by atoms with Gasteiger partial charge < -0.3 is 18.9 Å². The van der Waals surface area contributed by atoms with Gasteiger partial charge in [0, 0.05) is 25.4 Å². The van der Waals surface area contributed by atoms with Crippen LogP contribution in [-0.4, -0.2) is 70.5 Å². The Hall–Kier alpha value is -4.66. The molecule has 15 heteroatoms. The number of nitrogens with one attached hydrogen (secondary N) is 2. The predicted molar refractivity (Wildman–Crippen MR) is 132 cm³/mol. The van der Waals surface area contributed by atoms with E-state index in [-0.39, 0.29) is 48.2 Å². The van der Waals surface area contributed by atoms with E-state index in [2.05, 4.69) is 25.8 Å². The molecule has 4 aliphatic rings. The number of fused-ring (bicyclic) bond motifs is 5. The Kier molecular flexibility index (Phi) is 5.13. The van der Waals surface area contributed by atoms with Crippen LogP contribution in [-0.2, 0) is 25.5 Å². The highest BCUT2D eigenvalue weighted by atomic mass is 19.1. The average Bonchev–Trinajstić information content (AvgIpc) is 3.50. The lowest BCUT2D eigenvalue weighted by molar-refractivity contribution is -0.153. The number of halogens is 1. The molecule has 3 saturated heterocycles. The van der Waals surface area contributed by atoms with Crippen LogP contribution in [0.5, 0.6) is 0 Å². The van der Waals surface area contributed by atoms with Crippen molar-refractivity contribution in [3.63, 3.8) is 0 Å². The standard InChI is InChI=1S/C25H22FN7O7/c1-10-8-32-17-12(6-25(19(32)11(2)39-10)21(34)29-23(36)30-22(25)35)5-13-18(16(17)26)40-31-20(13)33-15(9-38-24(33)37)14-7-27-3-4-28-14/h3-5,7,10-11,15,19H,6,8-9H2,1-2H3,(H2,29,30,34,35,36)/t10-,11+,15-,19-/m1/s1. The summed E-state index contributed by atoms with van der Waals surface area (Å²) in [5.74, 6) is -2.38. The van der Waals surface area contributed by atoms with Crippen LogP contribution in [0.4, 0.5) is 25.5 Å². The molecule has 0 bridgehead atoms. The predicted octanol–water partition coefficient (Wildman–Crippen LogP) is 1.35. The maximum absolute atomic E-state index is 16.4. The van der Waals surface area contributed by atoms with Gasteiger partial charge in [0.05, 0.1) is 41.2 Å². The molecular weight excluding hydrogens is 529 g/mol. The second kappa shape index (κ2) is 8.42. The molecule has 4 aliphatic heterocycles.